The zero-order valence-corrected chi connectivity index (χ0v) is 29.1. The zero-order chi connectivity index (χ0) is 35.6. The second-order valence-electron chi connectivity index (χ2n) is 13.1. The third-order valence-electron chi connectivity index (χ3n) is 9.36. The van der Waals surface area contributed by atoms with Crippen molar-refractivity contribution in [2.75, 3.05) is 0 Å². The average molecular weight is 680 g/mol. The van der Waals surface area contributed by atoms with Gasteiger partial charge in [0.25, 0.3) is 0 Å². The molecule has 5 heteroatoms. The molecule has 9 aromatic rings. The molecule has 0 aliphatic carbocycles. The fourth-order valence-electron chi connectivity index (χ4n) is 6.68. The Morgan fingerprint density at radius 3 is 1.43 bits per heavy atom. The maximum Gasteiger partial charge on any atom is 0.164 e. The molecule has 0 radical (unpaired) electrons. The summed E-state index contributed by atoms with van der Waals surface area (Å²) >= 11 is 0. The summed E-state index contributed by atoms with van der Waals surface area (Å²) in [4.78, 5) is 25.0. The topological polar surface area (TPSA) is 64.5 Å². The predicted octanol–water partition coefficient (Wildman–Crippen LogP) is 11.8. The highest BCUT2D eigenvalue weighted by Gasteiger charge is 2.16. The highest BCUT2D eigenvalue weighted by molar-refractivity contribution is 5.85. The van der Waals surface area contributed by atoms with E-state index in [0.717, 1.165) is 72.5 Å². The Labute approximate surface area is 308 Å². The number of rotatable bonds is 7. The van der Waals surface area contributed by atoms with E-state index in [1.807, 2.05) is 85.8 Å². The van der Waals surface area contributed by atoms with Gasteiger partial charge in [-0.15, -0.1) is 0 Å². The van der Waals surface area contributed by atoms with Crippen molar-refractivity contribution in [1.82, 2.24) is 24.9 Å². The van der Waals surface area contributed by atoms with Crippen LogP contribution in [0.25, 0.3) is 89.8 Å². The smallest absolute Gasteiger partial charge is 0.164 e. The standard InChI is InChI=1S/C48H33N5/c1-32-27-39(33-13-5-2-6-14-33)31-45(49-32)36-23-21-34(22-24-36)40-28-41(44-26-25-35-15-11-12-20-43(35)50-44)30-42(29-40)48-52-46(37-16-7-3-8-17-37)51-47(53-48)38-18-9-4-10-19-38/h2-31H,1H3. The first-order chi connectivity index (χ1) is 26.1. The van der Waals surface area contributed by atoms with E-state index in [4.69, 9.17) is 24.9 Å². The van der Waals surface area contributed by atoms with Crippen LogP contribution in [-0.4, -0.2) is 24.9 Å². The highest BCUT2D eigenvalue weighted by Crippen LogP contribution is 2.35. The number of fused-ring (bicyclic) bond motifs is 1. The molecule has 0 bridgehead atoms. The van der Waals surface area contributed by atoms with Gasteiger partial charge in [-0.2, -0.15) is 0 Å². The summed E-state index contributed by atoms with van der Waals surface area (Å²) in [7, 11) is 0. The van der Waals surface area contributed by atoms with Gasteiger partial charge in [0.15, 0.2) is 17.5 Å². The van der Waals surface area contributed by atoms with Crippen LogP contribution in [0.3, 0.4) is 0 Å². The van der Waals surface area contributed by atoms with E-state index >= 15 is 0 Å². The van der Waals surface area contributed by atoms with Gasteiger partial charge in [-0.1, -0.05) is 140 Å². The fourth-order valence-corrected chi connectivity index (χ4v) is 6.68. The van der Waals surface area contributed by atoms with Crippen LogP contribution in [0.1, 0.15) is 5.69 Å². The lowest BCUT2D eigenvalue weighted by Crippen LogP contribution is -2.00. The number of hydrogen-bond acceptors (Lipinski definition) is 5. The maximum absolute atomic E-state index is 5.08. The molecule has 3 aromatic heterocycles. The minimum atomic E-state index is 0.593. The monoisotopic (exact) mass is 679 g/mol. The predicted molar refractivity (Wildman–Crippen MR) is 216 cm³/mol. The second-order valence-corrected chi connectivity index (χ2v) is 13.1. The lowest BCUT2D eigenvalue weighted by Gasteiger charge is -2.13. The van der Waals surface area contributed by atoms with Crippen LogP contribution in [0.5, 0.6) is 0 Å². The first-order valence-electron chi connectivity index (χ1n) is 17.7. The molecule has 6 aromatic carbocycles. The Morgan fingerprint density at radius 2 is 0.774 bits per heavy atom. The van der Waals surface area contributed by atoms with Crippen molar-refractivity contribution >= 4 is 10.9 Å². The third kappa shape index (κ3) is 6.72. The van der Waals surface area contributed by atoms with Crippen LogP contribution < -0.4 is 0 Å². The summed E-state index contributed by atoms with van der Waals surface area (Å²) in [5, 5.41) is 1.10. The van der Waals surface area contributed by atoms with Crippen molar-refractivity contribution in [2.45, 2.75) is 6.92 Å². The molecule has 0 saturated heterocycles. The van der Waals surface area contributed by atoms with Gasteiger partial charge in [-0.3, -0.25) is 4.98 Å². The van der Waals surface area contributed by atoms with Crippen molar-refractivity contribution in [1.29, 1.82) is 0 Å². The van der Waals surface area contributed by atoms with Gasteiger partial charge in [0.2, 0.25) is 0 Å². The largest absolute Gasteiger partial charge is 0.253 e. The Balaban J connectivity index is 1.18. The molecule has 0 amide bonds. The molecule has 0 unspecified atom stereocenters. The van der Waals surface area contributed by atoms with Gasteiger partial charge in [-0.05, 0) is 71.6 Å². The molecule has 0 N–H and O–H groups in total. The average Bonchev–Trinajstić information content (AvgIpc) is 3.24. The molecule has 0 aliphatic heterocycles. The molecule has 5 nitrogen and oxygen atoms in total. The SMILES string of the molecule is Cc1cc(-c2ccccc2)cc(-c2ccc(-c3cc(-c4ccc5ccccc5n4)cc(-c4nc(-c5ccccc5)nc(-c5ccccc5)n4)c3)cc2)n1. The van der Waals surface area contributed by atoms with Crippen molar-refractivity contribution in [2.24, 2.45) is 0 Å². The van der Waals surface area contributed by atoms with Gasteiger partial charge in [0.05, 0.1) is 16.9 Å². The molecule has 3 heterocycles. The molecule has 9 rings (SSSR count). The van der Waals surface area contributed by atoms with Crippen molar-refractivity contribution < 1.29 is 0 Å². The van der Waals surface area contributed by atoms with Gasteiger partial charge in [0.1, 0.15) is 0 Å². The number of aryl methyl sites for hydroxylation is 1. The van der Waals surface area contributed by atoms with Gasteiger partial charge in [-0.25, -0.2) is 19.9 Å². The minimum absolute atomic E-state index is 0.593. The molecule has 250 valence electrons. The normalized spacial score (nSPS) is 11.1. The Kier molecular flexibility index (Phi) is 8.35. The minimum Gasteiger partial charge on any atom is -0.253 e. The van der Waals surface area contributed by atoms with E-state index < -0.39 is 0 Å². The first kappa shape index (κ1) is 31.8. The summed E-state index contributed by atoms with van der Waals surface area (Å²) < 4.78 is 0. The molecular formula is C48H33N5. The first-order valence-corrected chi connectivity index (χ1v) is 17.7. The summed E-state index contributed by atoms with van der Waals surface area (Å²) in [5.41, 5.74) is 12.9. The summed E-state index contributed by atoms with van der Waals surface area (Å²) in [6.45, 7) is 2.05. The van der Waals surface area contributed by atoms with Crippen LogP contribution in [0, 0.1) is 6.92 Å². The van der Waals surface area contributed by atoms with E-state index in [0.29, 0.717) is 17.5 Å². The molecule has 0 fully saturated rings. The van der Waals surface area contributed by atoms with Crippen LogP contribution in [0.4, 0.5) is 0 Å². The Morgan fingerprint density at radius 1 is 0.283 bits per heavy atom. The molecule has 0 spiro atoms. The molecule has 0 atom stereocenters. The van der Waals surface area contributed by atoms with Crippen LogP contribution in [0.2, 0.25) is 0 Å². The van der Waals surface area contributed by atoms with Crippen LogP contribution >= 0.6 is 0 Å². The number of para-hydroxylation sites is 1. The van der Waals surface area contributed by atoms with Crippen LogP contribution in [-0.2, 0) is 0 Å². The van der Waals surface area contributed by atoms with E-state index in [2.05, 4.69) is 103 Å². The number of benzene rings is 6. The fraction of sp³-hybridized carbons (Fsp3) is 0.0208. The van der Waals surface area contributed by atoms with E-state index in [1.165, 1.54) is 5.56 Å². The van der Waals surface area contributed by atoms with Crippen molar-refractivity contribution in [3.63, 3.8) is 0 Å². The summed E-state index contributed by atoms with van der Waals surface area (Å²) in [5.74, 6) is 1.83. The number of pyridine rings is 2. The molecule has 0 saturated carbocycles. The lowest BCUT2D eigenvalue weighted by atomic mass is 9.96. The number of nitrogens with zero attached hydrogens (tertiary/aromatic N) is 5. The van der Waals surface area contributed by atoms with Crippen molar-refractivity contribution in [3.05, 3.63) is 188 Å². The number of hydrogen-bond donors (Lipinski definition) is 0. The lowest BCUT2D eigenvalue weighted by molar-refractivity contribution is 1.07. The quantitative estimate of drug-likeness (QED) is 0.168. The van der Waals surface area contributed by atoms with Gasteiger partial charge >= 0.3 is 0 Å². The van der Waals surface area contributed by atoms with E-state index in [1.54, 1.807) is 0 Å². The molecule has 0 aliphatic rings. The van der Waals surface area contributed by atoms with Crippen LogP contribution in [0.15, 0.2) is 182 Å². The highest BCUT2D eigenvalue weighted by atomic mass is 15.0. The Bertz CT molecular complexity index is 2650. The van der Waals surface area contributed by atoms with Gasteiger partial charge < -0.3 is 0 Å². The summed E-state index contributed by atoms with van der Waals surface area (Å²) in [6, 6.07) is 62.4. The Hall–Kier alpha value is -7.11. The molecular weight excluding hydrogens is 647 g/mol. The zero-order valence-electron chi connectivity index (χ0n) is 29.1. The van der Waals surface area contributed by atoms with Gasteiger partial charge in [0, 0.05) is 38.9 Å². The van der Waals surface area contributed by atoms with Crippen molar-refractivity contribution in [3.8, 4) is 78.9 Å². The summed E-state index contributed by atoms with van der Waals surface area (Å²) in [6.07, 6.45) is 0. The van der Waals surface area contributed by atoms with E-state index in [9.17, 15) is 0 Å². The second kappa shape index (κ2) is 13.9. The third-order valence-corrected chi connectivity index (χ3v) is 9.36. The maximum atomic E-state index is 5.08. The number of aromatic nitrogens is 5. The molecule has 53 heavy (non-hydrogen) atoms. The van der Waals surface area contributed by atoms with E-state index in [-0.39, 0.29) is 0 Å².